The van der Waals surface area contributed by atoms with Crippen molar-refractivity contribution in [2.24, 2.45) is 0 Å². The molecule has 0 spiro atoms. The summed E-state index contributed by atoms with van der Waals surface area (Å²) in [7, 11) is 0. The molecule has 2 atom stereocenters. The van der Waals surface area contributed by atoms with Crippen molar-refractivity contribution < 1.29 is 0 Å². The first-order valence-corrected chi connectivity index (χ1v) is 5.58. The van der Waals surface area contributed by atoms with Gasteiger partial charge < -0.3 is 5.32 Å². The Balaban J connectivity index is 2.04. The fraction of sp³-hybridized carbons (Fsp3) is 0.600. The van der Waals surface area contributed by atoms with Crippen LogP contribution in [0.5, 0.6) is 0 Å². The summed E-state index contributed by atoms with van der Waals surface area (Å²) in [5, 5.41) is 8.05. The van der Waals surface area contributed by atoms with Crippen LogP contribution in [0.2, 0.25) is 0 Å². The van der Waals surface area contributed by atoms with Crippen molar-refractivity contribution in [1.29, 1.82) is 0 Å². The summed E-state index contributed by atoms with van der Waals surface area (Å²) in [6.07, 6.45) is 4.01. The minimum Gasteiger partial charge on any atom is -0.307 e. The van der Waals surface area contributed by atoms with Gasteiger partial charge in [-0.15, -0.1) is 0 Å². The number of hydrogen-bond acceptors (Lipinski definition) is 2. The molecule has 0 aliphatic carbocycles. The van der Waals surface area contributed by atoms with E-state index in [2.05, 4.69) is 29.1 Å². The number of thiophene rings is 1. The first-order valence-electron chi connectivity index (χ1n) is 4.64. The van der Waals surface area contributed by atoms with Crippen molar-refractivity contribution in [3.63, 3.8) is 0 Å². The SMILES string of the molecule is CC1CCCC(c2ccsc2)N1. The average Bonchev–Trinajstić information content (AvgIpc) is 2.56. The maximum Gasteiger partial charge on any atom is 0.0330 e. The molecule has 1 aromatic rings. The molecule has 1 nitrogen and oxygen atoms in total. The van der Waals surface area contributed by atoms with Crippen LogP contribution in [0.1, 0.15) is 37.8 Å². The van der Waals surface area contributed by atoms with E-state index in [9.17, 15) is 0 Å². The zero-order chi connectivity index (χ0) is 8.39. The van der Waals surface area contributed by atoms with Crippen LogP contribution in [-0.4, -0.2) is 6.04 Å². The van der Waals surface area contributed by atoms with Crippen LogP contribution in [-0.2, 0) is 0 Å². The van der Waals surface area contributed by atoms with Gasteiger partial charge in [0.1, 0.15) is 0 Å². The Labute approximate surface area is 77.8 Å². The third-order valence-corrected chi connectivity index (χ3v) is 3.26. The minimum absolute atomic E-state index is 0.625. The second kappa shape index (κ2) is 3.58. The molecule has 1 saturated heterocycles. The van der Waals surface area contributed by atoms with Gasteiger partial charge in [-0.3, -0.25) is 0 Å². The van der Waals surface area contributed by atoms with Crippen molar-refractivity contribution in [3.05, 3.63) is 22.4 Å². The summed E-state index contributed by atoms with van der Waals surface area (Å²) >= 11 is 1.79. The number of rotatable bonds is 1. The molecule has 1 aliphatic heterocycles. The summed E-state index contributed by atoms with van der Waals surface area (Å²) in [6, 6.07) is 3.56. The van der Waals surface area contributed by atoms with Crippen molar-refractivity contribution in [2.45, 2.75) is 38.3 Å². The Morgan fingerprint density at radius 2 is 2.42 bits per heavy atom. The lowest BCUT2D eigenvalue weighted by Gasteiger charge is -2.28. The highest BCUT2D eigenvalue weighted by Crippen LogP contribution is 2.26. The molecule has 0 aromatic carbocycles. The molecule has 1 aromatic heterocycles. The number of hydrogen-bond donors (Lipinski definition) is 1. The third kappa shape index (κ3) is 1.70. The van der Waals surface area contributed by atoms with Gasteiger partial charge in [0.05, 0.1) is 0 Å². The highest BCUT2D eigenvalue weighted by molar-refractivity contribution is 7.07. The van der Waals surface area contributed by atoms with Crippen LogP contribution < -0.4 is 5.32 Å². The van der Waals surface area contributed by atoms with Gasteiger partial charge in [-0.1, -0.05) is 6.42 Å². The molecule has 1 aliphatic rings. The quantitative estimate of drug-likeness (QED) is 0.702. The summed E-state index contributed by atoms with van der Waals surface area (Å²) in [5.74, 6) is 0. The lowest BCUT2D eigenvalue weighted by atomic mass is 9.96. The molecule has 2 unspecified atom stereocenters. The van der Waals surface area contributed by atoms with E-state index in [1.54, 1.807) is 11.3 Å². The Kier molecular flexibility index (Phi) is 2.47. The molecular weight excluding hydrogens is 166 g/mol. The molecule has 0 amide bonds. The Hall–Kier alpha value is -0.340. The van der Waals surface area contributed by atoms with Crippen LogP contribution in [0.25, 0.3) is 0 Å². The standard InChI is InChI=1S/C10H15NS/c1-8-3-2-4-10(11-8)9-5-6-12-7-9/h5-8,10-11H,2-4H2,1H3. The maximum atomic E-state index is 3.63. The van der Waals surface area contributed by atoms with E-state index < -0.39 is 0 Å². The summed E-state index contributed by atoms with van der Waals surface area (Å²) in [5.41, 5.74) is 1.48. The van der Waals surface area contributed by atoms with Crippen molar-refractivity contribution in [1.82, 2.24) is 5.32 Å². The van der Waals surface area contributed by atoms with Crippen LogP contribution in [0, 0.1) is 0 Å². The van der Waals surface area contributed by atoms with Gasteiger partial charge in [-0.05, 0) is 42.2 Å². The van der Waals surface area contributed by atoms with Crippen LogP contribution in [0.4, 0.5) is 0 Å². The first kappa shape index (κ1) is 8.27. The van der Waals surface area contributed by atoms with Crippen molar-refractivity contribution in [2.75, 3.05) is 0 Å². The second-order valence-corrected chi connectivity index (χ2v) is 4.39. The van der Waals surface area contributed by atoms with Crippen LogP contribution in [0.3, 0.4) is 0 Å². The molecule has 0 radical (unpaired) electrons. The van der Waals surface area contributed by atoms with E-state index in [4.69, 9.17) is 0 Å². The average molecular weight is 181 g/mol. The van der Waals surface area contributed by atoms with E-state index in [1.807, 2.05) is 0 Å². The Morgan fingerprint density at radius 1 is 1.50 bits per heavy atom. The minimum atomic E-state index is 0.625. The van der Waals surface area contributed by atoms with E-state index in [0.717, 1.165) is 0 Å². The molecule has 2 rings (SSSR count). The topological polar surface area (TPSA) is 12.0 Å². The van der Waals surface area contributed by atoms with E-state index in [0.29, 0.717) is 12.1 Å². The molecular formula is C10H15NS. The molecule has 0 bridgehead atoms. The fourth-order valence-corrected chi connectivity index (χ4v) is 2.59. The van der Waals surface area contributed by atoms with E-state index >= 15 is 0 Å². The van der Waals surface area contributed by atoms with Crippen molar-refractivity contribution >= 4 is 11.3 Å². The van der Waals surface area contributed by atoms with Gasteiger partial charge in [0, 0.05) is 12.1 Å². The monoisotopic (exact) mass is 181 g/mol. The third-order valence-electron chi connectivity index (χ3n) is 2.56. The van der Waals surface area contributed by atoms with E-state index in [-0.39, 0.29) is 0 Å². The van der Waals surface area contributed by atoms with Gasteiger partial charge in [0.2, 0.25) is 0 Å². The van der Waals surface area contributed by atoms with Crippen LogP contribution in [0.15, 0.2) is 16.8 Å². The lowest BCUT2D eigenvalue weighted by Crippen LogP contribution is -2.34. The predicted octanol–water partition coefficient (Wildman–Crippen LogP) is 2.95. The molecule has 0 saturated carbocycles. The maximum absolute atomic E-state index is 3.63. The van der Waals surface area contributed by atoms with Gasteiger partial charge >= 0.3 is 0 Å². The molecule has 66 valence electrons. The van der Waals surface area contributed by atoms with Gasteiger partial charge in [0.15, 0.2) is 0 Å². The summed E-state index contributed by atoms with van der Waals surface area (Å²) < 4.78 is 0. The first-order chi connectivity index (χ1) is 5.86. The molecule has 2 heteroatoms. The Morgan fingerprint density at radius 3 is 3.08 bits per heavy atom. The van der Waals surface area contributed by atoms with Crippen molar-refractivity contribution in [3.8, 4) is 0 Å². The van der Waals surface area contributed by atoms with E-state index in [1.165, 1.54) is 24.8 Å². The second-order valence-electron chi connectivity index (χ2n) is 3.61. The Bertz CT molecular complexity index is 230. The van der Waals surface area contributed by atoms with Crippen LogP contribution >= 0.6 is 11.3 Å². The largest absolute Gasteiger partial charge is 0.307 e. The summed E-state index contributed by atoms with van der Waals surface area (Å²) in [4.78, 5) is 0. The highest BCUT2D eigenvalue weighted by atomic mass is 32.1. The van der Waals surface area contributed by atoms with Gasteiger partial charge in [-0.2, -0.15) is 11.3 Å². The molecule has 12 heavy (non-hydrogen) atoms. The normalized spacial score (nSPS) is 30.4. The highest BCUT2D eigenvalue weighted by Gasteiger charge is 2.18. The van der Waals surface area contributed by atoms with Gasteiger partial charge in [-0.25, -0.2) is 0 Å². The number of nitrogens with one attached hydrogen (secondary N) is 1. The molecule has 1 N–H and O–H groups in total. The molecule has 1 fully saturated rings. The smallest absolute Gasteiger partial charge is 0.0330 e. The van der Waals surface area contributed by atoms with Gasteiger partial charge in [0.25, 0.3) is 0 Å². The lowest BCUT2D eigenvalue weighted by molar-refractivity contribution is 0.342. The molecule has 2 heterocycles. The number of piperidine rings is 1. The zero-order valence-electron chi connectivity index (χ0n) is 7.42. The zero-order valence-corrected chi connectivity index (χ0v) is 8.23. The fourth-order valence-electron chi connectivity index (χ4n) is 1.87. The summed E-state index contributed by atoms with van der Waals surface area (Å²) in [6.45, 7) is 2.28. The predicted molar refractivity (Wildman–Crippen MR) is 53.5 cm³/mol.